The van der Waals surface area contributed by atoms with E-state index in [0.29, 0.717) is 22.6 Å². The summed E-state index contributed by atoms with van der Waals surface area (Å²) in [5.41, 5.74) is 5.80. The predicted octanol–water partition coefficient (Wildman–Crippen LogP) is 4.26. The molecule has 0 heterocycles. The van der Waals surface area contributed by atoms with Gasteiger partial charge in [-0.15, -0.1) is 0 Å². The Labute approximate surface area is 144 Å². The van der Waals surface area contributed by atoms with Crippen molar-refractivity contribution in [2.45, 2.75) is 19.3 Å². The lowest BCUT2D eigenvalue weighted by molar-refractivity contribution is -0.117. The summed E-state index contributed by atoms with van der Waals surface area (Å²) in [5.74, 6) is -0.625. The van der Waals surface area contributed by atoms with E-state index in [2.05, 4.69) is 10.5 Å². The average molecular weight is 343 g/mol. The molecule has 0 aromatic heterocycles. The van der Waals surface area contributed by atoms with Crippen LogP contribution in [-0.2, 0) is 11.2 Å². The van der Waals surface area contributed by atoms with Crippen LogP contribution in [0.2, 0.25) is 0 Å². The Hall–Kier alpha value is -2.46. The molecule has 0 aliphatic heterocycles. The van der Waals surface area contributed by atoms with Crippen LogP contribution in [0.5, 0.6) is 0 Å². The first-order chi connectivity index (χ1) is 11.6. The third kappa shape index (κ3) is 3.71. The van der Waals surface area contributed by atoms with Gasteiger partial charge in [-0.25, -0.2) is 9.82 Å². The number of fused-ring (bicyclic) bond motifs is 1. The van der Waals surface area contributed by atoms with Crippen LogP contribution >= 0.6 is 11.6 Å². The first-order valence-electron chi connectivity index (χ1n) is 7.71. The number of halogens is 2. The molecule has 3 nitrogen and oxygen atoms in total. The number of aryl methyl sites for hydroxylation is 1. The Morgan fingerprint density at radius 3 is 2.67 bits per heavy atom. The predicted molar refractivity (Wildman–Crippen MR) is 94.3 cm³/mol. The van der Waals surface area contributed by atoms with Crippen LogP contribution in [0.25, 0.3) is 5.03 Å². The van der Waals surface area contributed by atoms with E-state index >= 15 is 0 Å². The van der Waals surface area contributed by atoms with Crippen LogP contribution in [0.4, 0.5) is 4.39 Å². The topological polar surface area (TPSA) is 41.5 Å². The normalized spacial score (nSPS) is 14.4. The summed E-state index contributed by atoms with van der Waals surface area (Å²) >= 11 is 6.45. The molecule has 0 unspecified atom stereocenters. The molecule has 1 N–H and O–H groups in total. The van der Waals surface area contributed by atoms with Crippen molar-refractivity contribution in [1.82, 2.24) is 5.43 Å². The van der Waals surface area contributed by atoms with Crippen molar-refractivity contribution >= 4 is 28.8 Å². The zero-order valence-corrected chi connectivity index (χ0v) is 13.7. The number of hydrogen-bond donors (Lipinski definition) is 1. The standard InChI is InChI=1S/C19H16ClFN2O/c20-18-16-6-2-1-4-14(16)5-3-7-17(18)19(24)23-22-12-13-8-10-15(21)11-9-13/h1-2,4,6,8-12H,3,5,7H2,(H,23,24)/b22-12-. The quantitative estimate of drug-likeness (QED) is 0.657. The van der Waals surface area contributed by atoms with E-state index in [1.807, 2.05) is 24.3 Å². The molecular weight excluding hydrogens is 327 g/mol. The summed E-state index contributed by atoms with van der Waals surface area (Å²) < 4.78 is 12.8. The van der Waals surface area contributed by atoms with Gasteiger partial charge in [0.2, 0.25) is 0 Å². The van der Waals surface area contributed by atoms with Crippen molar-refractivity contribution in [2.24, 2.45) is 5.10 Å². The lowest BCUT2D eigenvalue weighted by Gasteiger charge is -2.07. The Balaban J connectivity index is 1.75. The summed E-state index contributed by atoms with van der Waals surface area (Å²) in [4.78, 5) is 12.4. The van der Waals surface area contributed by atoms with E-state index in [9.17, 15) is 9.18 Å². The van der Waals surface area contributed by atoms with Gasteiger partial charge in [0.1, 0.15) is 5.82 Å². The number of hydrogen-bond acceptors (Lipinski definition) is 2. The highest BCUT2D eigenvalue weighted by atomic mass is 35.5. The number of carbonyl (C=O) groups excluding carboxylic acids is 1. The maximum Gasteiger partial charge on any atom is 0.268 e. The molecule has 0 saturated heterocycles. The minimum absolute atomic E-state index is 0.310. The molecule has 3 rings (SSSR count). The van der Waals surface area contributed by atoms with Gasteiger partial charge < -0.3 is 0 Å². The highest BCUT2D eigenvalue weighted by molar-refractivity contribution is 6.51. The first kappa shape index (κ1) is 16.4. The molecule has 1 aliphatic rings. The molecule has 0 fully saturated rings. The number of nitrogens with one attached hydrogen (secondary N) is 1. The maximum atomic E-state index is 12.8. The van der Waals surface area contributed by atoms with Gasteiger partial charge in [0.15, 0.2) is 0 Å². The monoisotopic (exact) mass is 342 g/mol. The van der Waals surface area contributed by atoms with Crippen LogP contribution in [0, 0.1) is 5.82 Å². The SMILES string of the molecule is O=C(N/N=C\c1ccc(F)cc1)C1=C(Cl)c2ccccc2CCC1. The number of carbonyl (C=O) groups is 1. The van der Waals surface area contributed by atoms with Gasteiger partial charge in [-0.1, -0.05) is 48.0 Å². The lowest BCUT2D eigenvalue weighted by Crippen LogP contribution is -2.20. The Morgan fingerprint density at radius 2 is 1.88 bits per heavy atom. The van der Waals surface area contributed by atoms with Gasteiger partial charge in [-0.3, -0.25) is 4.79 Å². The largest absolute Gasteiger partial charge is 0.268 e. The third-order valence-electron chi connectivity index (χ3n) is 3.92. The van der Waals surface area contributed by atoms with E-state index in [0.717, 1.165) is 24.0 Å². The Kier molecular flexibility index (Phi) is 5.06. The van der Waals surface area contributed by atoms with Crippen molar-refractivity contribution in [3.05, 3.63) is 76.6 Å². The zero-order chi connectivity index (χ0) is 16.9. The van der Waals surface area contributed by atoms with Crippen molar-refractivity contribution in [3.8, 4) is 0 Å². The maximum absolute atomic E-state index is 12.8. The summed E-state index contributed by atoms with van der Waals surface area (Å²) in [6, 6.07) is 13.7. The molecule has 122 valence electrons. The van der Waals surface area contributed by atoms with Gasteiger partial charge in [0, 0.05) is 5.57 Å². The Morgan fingerprint density at radius 1 is 1.12 bits per heavy atom. The second kappa shape index (κ2) is 7.41. The summed E-state index contributed by atoms with van der Waals surface area (Å²) in [5, 5.41) is 4.41. The van der Waals surface area contributed by atoms with Gasteiger partial charge in [-0.05, 0) is 48.1 Å². The van der Waals surface area contributed by atoms with Gasteiger partial charge in [-0.2, -0.15) is 5.10 Å². The lowest BCUT2D eigenvalue weighted by atomic mass is 10.0. The first-order valence-corrected chi connectivity index (χ1v) is 8.09. The van der Waals surface area contributed by atoms with E-state index in [1.165, 1.54) is 18.3 Å². The summed E-state index contributed by atoms with van der Waals surface area (Å²) in [7, 11) is 0. The number of nitrogens with zero attached hydrogens (tertiary/aromatic N) is 1. The highest BCUT2D eigenvalue weighted by Gasteiger charge is 2.20. The van der Waals surface area contributed by atoms with Crippen LogP contribution in [0.3, 0.4) is 0 Å². The third-order valence-corrected chi connectivity index (χ3v) is 4.35. The second-order valence-corrected chi connectivity index (χ2v) is 5.93. The number of rotatable bonds is 3. The van der Waals surface area contributed by atoms with E-state index in [1.54, 1.807) is 12.1 Å². The highest BCUT2D eigenvalue weighted by Crippen LogP contribution is 2.32. The summed E-state index contributed by atoms with van der Waals surface area (Å²) in [6.45, 7) is 0. The van der Waals surface area contributed by atoms with Crippen molar-refractivity contribution < 1.29 is 9.18 Å². The number of benzene rings is 2. The molecule has 0 bridgehead atoms. The van der Waals surface area contributed by atoms with E-state index in [4.69, 9.17) is 11.6 Å². The molecule has 1 amide bonds. The second-order valence-electron chi connectivity index (χ2n) is 5.55. The zero-order valence-electron chi connectivity index (χ0n) is 12.9. The van der Waals surface area contributed by atoms with Gasteiger partial charge in [0.05, 0.1) is 11.2 Å². The minimum atomic E-state index is -0.315. The molecule has 1 aliphatic carbocycles. The molecule has 2 aromatic carbocycles. The van der Waals surface area contributed by atoms with Gasteiger partial charge >= 0.3 is 0 Å². The minimum Gasteiger partial charge on any atom is -0.268 e. The molecule has 5 heteroatoms. The molecule has 2 aromatic rings. The number of hydrazone groups is 1. The molecular formula is C19H16ClFN2O. The Bertz CT molecular complexity index is 812. The molecule has 0 saturated carbocycles. The molecule has 0 atom stereocenters. The fourth-order valence-corrected chi connectivity index (χ4v) is 3.04. The van der Waals surface area contributed by atoms with Crippen LogP contribution in [0.1, 0.15) is 29.5 Å². The van der Waals surface area contributed by atoms with Crippen molar-refractivity contribution in [3.63, 3.8) is 0 Å². The smallest absolute Gasteiger partial charge is 0.268 e. The molecule has 0 radical (unpaired) electrons. The summed E-state index contributed by atoms with van der Waals surface area (Å²) in [6.07, 6.45) is 3.82. The molecule has 0 spiro atoms. The van der Waals surface area contributed by atoms with Crippen LogP contribution in [-0.4, -0.2) is 12.1 Å². The van der Waals surface area contributed by atoms with Crippen LogP contribution in [0.15, 0.2) is 59.2 Å². The van der Waals surface area contributed by atoms with Crippen molar-refractivity contribution in [1.29, 1.82) is 0 Å². The number of amides is 1. The average Bonchev–Trinajstić information content (AvgIpc) is 2.76. The van der Waals surface area contributed by atoms with Crippen molar-refractivity contribution in [2.75, 3.05) is 0 Å². The fourth-order valence-electron chi connectivity index (χ4n) is 2.68. The van der Waals surface area contributed by atoms with E-state index < -0.39 is 0 Å². The van der Waals surface area contributed by atoms with Crippen LogP contribution < -0.4 is 5.43 Å². The van der Waals surface area contributed by atoms with E-state index in [-0.39, 0.29) is 11.7 Å². The molecule has 24 heavy (non-hydrogen) atoms. The fraction of sp³-hybridized carbons (Fsp3) is 0.158. The van der Waals surface area contributed by atoms with Gasteiger partial charge in [0.25, 0.3) is 5.91 Å².